The molecule has 0 amide bonds. The fraction of sp³-hybridized carbons (Fsp3) is 0.400. The molecule has 19 heavy (non-hydrogen) atoms. The lowest BCUT2D eigenvalue weighted by Crippen LogP contribution is -2.26. The molecule has 4 nitrogen and oxygen atoms in total. The van der Waals surface area contributed by atoms with E-state index in [1.807, 2.05) is 25.1 Å². The number of hydrogen-bond donors (Lipinski definition) is 0. The van der Waals surface area contributed by atoms with Gasteiger partial charge in [0.05, 0.1) is 18.2 Å². The van der Waals surface area contributed by atoms with Crippen molar-refractivity contribution in [1.82, 2.24) is 0 Å². The van der Waals surface area contributed by atoms with E-state index in [4.69, 9.17) is 4.74 Å². The maximum atomic E-state index is 12.4. The average molecular weight is 259 g/mol. The van der Waals surface area contributed by atoms with E-state index < -0.39 is 0 Å². The average Bonchev–Trinajstić information content (AvgIpc) is 2.39. The van der Waals surface area contributed by atoms with Crippen LogP contribution in [0.2, 0.25) is 0 Å². The van der Waals surface area contributed by atoms with Gasteiger partial charge in [-0.15, -0.1) is 0 Å². The number of Topliss-reactive ketones (excluding diaryl/α,β-unsaturated/α-hetero) is 1. The van der Waals surface area contributed by atoms with Gasteiger partial charge in [0.2, 0.25) is 0 Å². The molecule has 0 N–H and O–H groups in total. The zero-order chi connectivity index (χ0) is 13.8. The molecule has 1 atom stereocenters. The molecule has 1 aromatic rings. The third-order valence-electron chi connectivity index (χ3n) is 3.23. The van der Waals surface area contributed by atoms with E-state index in [9.17, 15) is 9.59 Å². The largest absolute Gasteiger partial charge is 0.466 e. The van der Waals surface area contributed by atoms with Crippen LogP contribution in [0.5, 0.6) is 0 Å². The molecule has 2 rings (SSSR count). The number of benzene rings is 1. The van der Waals surface area contributed by atoms with E-state index in [0.717, 1.165) is 11.4 Å². The number of ketones is 1. The van der Waals surface area contributed by atoms with E-state index in [1.54, 1.807) is 13.0 Å². The number of esters is 1. The number of carbonyl (C=O) groups excluding carboxylic acids is 2. The highest BCUT2D eigenvalue weighted by molar-refractivity contribution is 6.17. The first-order chi connectivity index (χ1) is 9.13. The van der Waals surface area contributed by atoms with Crippen molar-refractivity contribution >= 4 is 23.2 Å². The topological polar surface area (TPSA) is 55.7 Å². The standard InChI is InChI=1S/C15H17NO3/c1-3-19-14(17)9-8-11-10(2)16-13-7-5-4-6-12(13)15(11)18/h4-7,11H,3,8-9H2,1-2H3. The first-order valence-electron chi connectivity index (χ1n) is 6.47. The molecule has 4 heteroatoms. The Morgan fingerprint density at radius 1 is 1.37 bits per heavy atom. The van der Waals surface area contributed by atoms with Gasteiger partial charge >= 0.3 is 5.97 Å². The molecule has 0 fully saturated rings. The van der Waals surface area contributed by atoms with Crippen molar-refractivity contribution in [2.24, 2.45) is 10.9 Å². The minimum absolute atomic E-state index is 0.0485. The maximum Gasteiger partial charge on any atom is 0.305 e. The van der Waals surface area contributed by atoms with E-state index in [0.29, 0.717) is 18.6 Å². The van der Waals surface area contributed by atoms with Gasteiger partial charge in [-0.05, 0) is 32.4 Å². The number of ether oxygens (including phenoxy) is 1. The number of aliphatic imine (C=N–C) groups is 1. The Balaban J connectivity index is 2.12. The Morgan fingerprint density at radius 3 is 2.84 bits per heavy atom. The second kappa shape index (κ2) is 5.78. The second-order valence-corrected chi connectivity index (χ2v) is 4.53. The van der Waals surface area contributed by atoms with Crippen LogP contribution >= 0.6 is 0 Å². The van der Waals surface area contributed by atoms with Crippen molar-refractivity contribution in [2.75, 3.05) is 6.61 Å². The second-order valence-electron chi connectivity index (χ2n) is 4.53. The molecular weight excluding hydrogens is 242 g/mol. The third kappa shape index (κ3) is 2.89. The first-order valence-corrected chi connectivity index (χ1v) is 6.47. The maximum absolute atomic E-state index is 12.4. The summed E-state index contributed by atoms with van der Waals surface area (Å²) in [5.41, 5.74) is 2.13. The summed E-state index contributed by atoms with van der Waals surface area (Å²) >= 11 is 0. The van der Waals surface area contributed by atoms with Gasteiger partial charge in [-0.1, -0.05) is 12.1 Å². The molecule has 1 heterocycles. The Labute approximate surface area is 112 Å². The highest BCUT2D eigenvalue weighted by atomic mass is 16.5. The lowest BCUT2D eigenvalue weighted by Gasteiger charge is -2.21. The molecular formula is C15H17NO3. The van der Waals surface area contributed by atoms with Crippen LogP contribution in [0.25, 0.3) is 0 Å². The highest BCUT2D eigenvalue weighted by Crippen LogP contribution is 2.30. The molecule has 0 saturated carbocycles. The van der Waals surface area contributed by atoms with E-state index in [-0.39, 0.29) is 24.1 Å². The van der Waals surface area contributed by atoms with Crippen molar-refractivity contribution in [3.05, 3.63) is 29.8 Å². The zero-order valence-corrected chi connectivity index (χ0v) is 11.2. The summed E-state index contributed by atoms with van der Waals surface area (Å²) in [5, 5.41) is 0. The highest BCUT2D eigenvalue weighted by Gasteiger charge is 2.29. The Morgan fingerprint density at radius 2 is 2.11 bits per heavy atom. The van der Waals surface area contributed by atoms with Gasteiger partial charge in [-0.2, -0.15) is 0 Å². The molecule has 0 saturated heterocycles. The van der Waals surface area contributed by atoms with Gasteiger partial charge in [-0.3, -0.25) is 14.6 Å². The summed E-state index contributed by atoms with van der Waals surface area (Å²) in [7, 11) is 0. The molecule has 1 unspecified atom stereocenters. The molecule has 1 aliphatic rings. The smallest absolute Gasteiger partial charge is 0.305 e. The van der Waals surface area contributed by atoms with Crippen LogP contribution < -0.4 is 0 Å². The minimum Gasteiger partial charge on any atom is -0.466 e. The van der Waals surface area contributed by atoms with Gasteiger partial charge < -0.3 is 4.74 Å². The molecule has 1 aromatic carbocycles. The van der Waals surface area contributed by atoms with Crippen LogP contribution in [0.15, 0.2) is 29.3 Å². The van der Waals surface area contributed by atoms with Gasteiger partial charge in [0.1, 0.15) is 0 Å². The normalized spacial score (nSPS) is 17.7. The van der Waals surface area contributed by atoms with Gasteiger partial charge in [0.25, 0.3) is 0 Å². The summed E-state index contributed by atoms with van der Waals surface area (Å²) in [6.45, 7) is 3.98. The van der Waals surface area contributed by atoms with Crippen LogP contribution in [-0.2, 0) is 9.53 Å². The molecule has 100 valence electrons. The predicted octanol–water partition coefficient (Wildman–Crippen LogP) is 2.93. The van der Waals surface area contributed by atoms with Gasteiger partial charge in [-0.25, -0.2) is 0 Å². The summed E-state index contributed by atoms with van der Waals surface area (Å²) < 4.78 is 4.88. The first kappa shape index (κ1) is 13.5. The van der Waals surface area contributed by atoms with Crippen molar-refractivity contribution in [1.29, 1.82) is 0 Å². The Bertz CT molecular complexity index is 534. The Hall–Kier alpha value is -1.97. The summed E-state index contributed by atoms with van der Waals surface area (Å²) in [4.78, 5) is 28.2. The molecule has 0 aliphatic carbocycles. The Kier molecular flexibility index (Phi) is 4.10. The number of rotatable bonds is 4. The van der Waals surface area contributed by atoms with Crippen molar-refractivity contribution < 1.29 is 14.3 Å². The number of para-hydroxylation sites is 1. The molecule has 1 aliphatic heterocycles. The van der Waals surface area contributed by atoms with Crippen LogP contribution in [-0.4, -0.2) is 24.1 Å². The summed E-state index contributed by atoms with van der Waals surface area (Å²) in [5.74, 6) is -0.520. The molecule has 0 aromatic heterocycles. The number of hydrogen-bond acceptors (Lipinski definition) is 4. The van der Waals surface area contributed by atoms with Crippen molar-refractivity contribution in [3.8, 4) is 0 Å². The molecule has 0 bridgehead atoms. The van der Waals surface area contributed by atoms with E-state index in [1.165, 1.54) is 0 Å². The summed E-state index contributed by atoms with van der Waals surface area (Å²) in [6.07, 6.45) is 0.709. The SMILES string of the molecule is CCOC(=O)CCC1C(=O)c2ccccc2N=C1C. The fourth-order valence-electron chi connectivity index (χ4n) is 2.26. The monoisotopic (exact) mass is 259 g/mol. The number of fused-ring (bicyclic) bond motifs is 1. The lowest BCUT2D eigenvalue weighted by molar-refractivity contribution is -0.143. The minimum atomic E-state index is -0.306. The van der Waals surface area contributed by atoms with Gasteiger partial charge in [0, 0.05) is 17.7 Å². The van der Waals surface area contributed by atoms with E-state index in [2.05, 4.69) is 4.99 Å². The van der Waals surface area contributed by atoms with Gasteiger partial charge in [0.15, 0.2) is 5.78 Å². The van der Waals surface area contributed by atoms with Crippen LogP contribution in [0, 0.1) is 5.92 Å². The predicted molar refractivity (Wildman–Crippen MR) is 72.9 cm³/mol. The number of nitrogens with zero attached hydrogens (tertiary/aromatic N) is 1. The molecule has 0 radical (unpaired) electrons. The quantitative estimate of drug-likeness (QED) is 0.781. The third-order valence-corrected chi connectivity index (χ3v) is 3.23. The van der Waals surface area contributed by atoms with Crippen LogP contribution in [0.4, 0.5) is 5.69 Å². The lowest BCUT2D eigenvalue weighted by atomic mass is 9.86. The van der Waals surface area contributed by atoms with Crippen LogP contribution in [0.1, 0.15) is 37.0 Å². The van der Waals surface area contributed by atoms with Crippen LogP contribution in [0.3, 0.4) is 0 Å². The molecule has 0 spiro atoms. The van der Waals surface area contributed by atoms with E-state index >= 15 is 0 Å². The zero-order valence-electron chi connectivity index (χ0n) is 11.2. The summed E-state index contributed by atoms with van der Waals surface area (Å²) in [6, 6.07) is 7.31. The van der Waals surface area contributed by atoms with Crippen molar-refractivity contribution in [3.63, 3.8) is 0 Å². The number of carbonyl (C=O) groups is 2. The van der Waals surface area contributed by atoms with Crippen molar-refractivity contribution in [2.45, 2.75) is 26.7 Å². The fourth-order valence-corrected chi connectivity index (χ4v) is 2.26.